The summed E-state index contributed by atoms with van der Waals surface area (Å²) in [6.07, 6.45) is 4.01. The van der Waals surface area contributed by atoms with Crippen molar-refractivity contribution in [3.8, 4) is 5.75 Å². The van der Waals surface area contributed by atoms with Gasteiger partial charge in [0, 0.05) is 37.4 Å². The van der Waals surface area contributed by atoms with Gasteiger partial charge in [0.15, 0.2) is 0 Å². The fraction of sp³-hybridized carbons (Fsp3) is 0.406. The Morgan fingerprint density at radius 3 is 2.46 bits per heavy atom. The lowest BCUT2D eigenvalue weighted by Gasteiger charge is -2.44. The van der Waals surface area contributed by atoms with E-state index < -0.39 is 0 Å². The van der Waals surface area contributed by atoms with E-state index in [1.54, 1.807) is 7.11 Å². The van der Waals surface area contributed by atoms with Crippen LogP contribution in [-0.4, -0.2) is 44.1 Å². The molecule has 5 heteroatoms. The topological polar surface area (TPSA) is 44.8 Å². The third-order valence-electron chi connectivity index (χ3n) is 9.49. The van der Waals surface area contributed by atoms with E-state index in [4.69, 9.17) is 4.74 Å². The molecular weight excluding hydrogens is 458 g/mol. The number of nitrogens with zero attached hydrogens (tertiary/aromatic N) is 2. The Hall–Kier alpha value is -3.47. The SMILES string of the molecule is COc1ccccc1N1CCN(C(=O)c2ccc3c(c2)[C@@H]2[C@@H]4CC[C@@H](C4)[C@@H]2[C@H](c2ccccc2)N3)CC1. The fourth-order valence-electron chi connectivity index (χ4n) is 7.83. The summed E-state index contributed by atoms with van der Waals surface area (Å²) >= 11 is 0. The fourth-order valence-corrected chi connectivity index (χ4v) is 7.83. The highest BCUT2D eigenvalue weighted by Crippen LogP contribution is 2.63. The molecule has 2 aliphatic heterocycles. The average Bonchev–Trinajstić information content (AvgIpc) is 3.60. The number of ether oxygens (including phenoxy) is 1. The normalized spacial score (nSPS) is 27.9. The highest BCUT2D eigenvalue weighted by molar-refractivity contribution is 5.95. The number of rotatable bonds is 4. The molecule has 2 aliphatic carbocycles. The molecule has 1 amide bonds. The summed E-state index contributed by atoms with van der Waals surface area (Å²) in [6.45, 7) is 3.07. The Labute approximate surface area is 219 Å². The number of hydrogen-bond donors (Lipinski definition) is 1. The highest BCUT2D eigenvalue weighted by atomic mass is 16.5. The number of piperazine rings is 1. The first-order valence-corrected chi connectivity index (χ1v) is 13.8. The molecule has 1 N–H and O–H groups in total. The van der Waals surface area contributed by atoms with E-state index in [0.717, 1.165) is 55.0 Å². The number of anilines is 2. The van der Waals surface area contributed by atoms with Gasteiger partial charge in [-0.15, -0.1) is 0 Å². The van der Waals surface area contributed by atoms with E-state index >= 15 is 0 Å². The average molecular weight is 494 g/mol. The van der Waals surface area contributed by atoms with Gasteiger partial charge < -0.3 is 19.9 Å². The van der Waals surface area contributed by atoms with Crippen LogP contribution in [-0.2, 0) is 0 Å². The number of benzene rings is 3. The number of nitrogens with one attached hydrogen (secondary N) is 1. The van der Waals surface area contributed by atoms with Crippen molar-refractivity contribution >= 4 is 17.3 Å². The van der Waals surface area contributed by atoms with Crippen molar-refractivity contribution in [3.05, 3.63) is 89.5 Å². The van der Waals surface area contributed by atoms with Crippen LogP contribution in [0, 0.1) is 17.8 Å². The minimum Gasteiger partial charge on any atom is -0.495 e. The molecule has 4 aliphatic rings. The zero-order valence-corrected chi connectivity index (χ0v) is 21.5. The first-order chi connectivity index (χ1) is 18.2. The molecule has 2 bridgehead atoms. The van der Waals surface area contributed by atoms with Crippen molar-refractivity contribution in [1.29, 1.82) is 0 Å². The lowest BCUT2D eigenvalue weighted by molar-refractivity contribution is 0.0746. The molecule has 37 heavy (non-hydrogen) atoms. The highest BCUT2D eigenvalue weighted by Gasteiger charge is 2.53. The van der Waals surface area contributed by atoms with Crippen LogP contribution in [0.4, 0.5) is 11.4 Å². The van der Waals surface area contributed by atoms with Crippen molar-refractivity contribution in [3.63, 3.8) is 0 Å². The van der Waals surface area contributed by atoms with Crippen LogP contribution >= 0.6 is 0 Å². The number of fused-ring (bicyclic) bond motifs is 7. The molecule has 1 saturated heterocycles. The lowest BCUT2D eigenvalue weighted by Crippen LogP contribution is -2.49. The summed E-state index contributed by atoms with van der Waals surface area (Å²) < 4.78 is 5.56. The van der Waals surface area contributed by atoms with Gasteiger partial charge >= 0.3 is 0 Å². The van der Waals surface area contributed by atoms with Crippen LogP contribution in [0.5, 0.6) is 5.75 Å². The third kappa shape index (κ3) is 3.78. The first kappa shape index (κ1) is 22.7. The molecule has 0 unspecified atom stereocenters. The van der Waals surface area contributed by atoms with E-state index in [-0.39, 0.29) is 5.91 Å². The summed E-state index contributed by atoms with van der Waals surface area (Å²) in [5.41, 5.74) is 5.94. The Kier molecular flexibility index (Phi) is 5.60. The molecule has 3 aromatic rings. The van der Waals surface area contributed by atoms with Crippen LogP contribution in [0.1, 0.15) is 52.7 Å². The van der Waals surface area contributed by atoms with Gasteiger partial charge in [0.2, 0.25) is 0 Å². The second kappa shape index (κ2) is 9.13. The predicted molar refractivity (Wildman–Crippen MR) is 147 cm³/mol. The zero-order valence-electron chi connectivity index (χ0n) is 21.5. The molecule has 0 aromatic heterocycles. The van der Waals surface area contributed by atoms with Crippen molar-refractivity contribution in [1.82, 2.24) is 4.90 Å². The van der Waals surface area contributed by atoms with E-state index in [0.29, 0.717) is 17.9 Å². The maximum Gasteiger partial charge on any atom is 0.253 e. The monoisotopic (exact) mass is 493 g/mol. The van der Waals surface area contributed by atoms with E-state index in [9.17, 15) is 4.79 Å². The van der Waals surface area contributed by atoms with Crippen LogP contribution in [0.3, 0.4) is 0 Å². The summed E-state index contributed by atoms with van der Waals surface area (Å²) in [7, 11) is 1.71. The molecule has 0 radical (unpaired) electrons. The summed E-state index contributed by atoms with van der Waals surface area (Å²) in [5, 5.41) is 3.91. The van der Waals surface area contributed by atoms with Gasteiger partial charge in [-0.2, -0.15) is 0 Å². The summed E-state index contributed by atoms with van der Waals surface area (Å²) in [5.74, 6) is 3.74. The molecule has 190 valence electrons. The molecular formula is C32H35N3O2. The van der Waals surface area contributed by atoms with Crippen LogP contribution < -0.4 is 15.0 Å². The standard InChI is InChI=1S/C32H35N3O2/c1-37-28-10-6-5-9-27(28)34-15-17-35(18-16-34)32(36)24-13-14-26-25(20-24)29-22-11-12-23(19-22)30(29)31(33-26)21-7-3-2-4-8-21/h2-10,13-14,20,22-23,29-31,33H,11-12,15-19H2,1H3/t22-,23+,29+,30+,31+/m1/s1. The van der Waals surface area contributed by atoms with E-state index in [1.807, 2.05) is 29.2 Å². The maximum atomic E-state index is 13.7. The molecule has 3 aromatic carbocycles. The van der Waals surface area contributed by atoms with Gasteiger partial charge in [0.1, 0.15) is 5.75 Å². The summed E-state index contributed by atoms with van der Waals surface area (Å²) in [4.78, 5) is 18.0. The van der Waals surface area contributed by atoms with Crippen LogP contribution in [0.15, 0.2) is 72.8 Å². The van der Waals surface area contributed by atoms with Crippen molar-refractivity contribution < 1.29 is 9.53 Å². The number of hydrogen-bond acceptors (Lipinski definition) is 4. The largest absolute Gasteiger partial charge is 0.495 e. The Morgan fingerprint density at radius 2 is 1.65 bits per heavy atom. The van der Waals surface area contributed by atoms with Gasteiger partial charge in [-0.1, -0.05) is 42.5 Å². The zero-order chi connectivity index (χ0) is 24.9. The maximum absolute atomic E-state index is 13.7. The Balaban J connectivity index is 1.12. The van der Waals surface area contributed by atoms with Gasteiger partial charge in [0.05, 0.1) is 18.8 Å². The Bertz CT molecular complexity index is 1300. The minimum atomic E-state index is 0.160. The number of carbonyl (C=O) groups excluding carboxylic acids is 1. The lowest BCUT2D eigenvalue weighted by atomic mass is 9.68. The smallest absolute Gasteiger partial charge is 0.253 e. The van der Waals surface area contributed by atoms with E-state index in [1.165, 1.54) is 36.1 Å². The number of para-hydroxylation sites is 2. The van der Waals surface area contributed by atoms with Gasteiger partial charge in [-0.3, -0.25) is 4.79 Å². The van der Waals surface area contributed by atoms with Crippen molar-refractivity contribution in [2.45, 2.75) is 31.2 Å². The quantitative estimate of drug-likeness (QED) is 0.488. The minimum absolute atomic E-state index is 0.160. The predicted octanol–water partition coefficient (Wildman–Crippen LogP) is 5.95. The second-order valence-electron chi connectivity index (χ2n) is 11.2. The van der Waals surface area contributed by atoms with Gasteiger partial charge in [-0.05, 0) is 84.4 Å². The molecule has 0 spiro atoms. The van der Waals surface area contributed by atoms with E-state index in [2.05, 4.69) is 58.7 Å². The number of methoxy groups -OCH3 is 1. The molecule has 2 heterocycles. The molecule has 3 fully saturated rings. The number of amides is 1. The third-order valence-corrected chi connectivity index (χ3v) is 9.49. The molecule has 5 nitrogen and oxygen atoms in total. The molecule has 2 saturated carbocycles. The van der Waals surface area contributed by atoms with Gasteiger partial charge in [-0.25, -0.2) is 0 Å². The Morgan fingerprint density at radius 1 is 0.892 bits per heavy atom. The first-order valence-electron chi connectivity index (χ1n) is 13.8. The van der Waals surface area contributed by atoms with Crippen molar-refractivity contribution in [2.24, 2.45) is 17.8 Å². The summed E-state index contributed by atoms with van der Waals surface area (Å²) in [6, 6.07) is 25.9. The van der Waals surface area contributed by atoms with Crippen LogP contribution in [0.2, 0.25) is 0 Å². The molecule has 7 rings (SSSR count). The molecule has 5 atom stereocenters. The van der Waals surface area contributed by atoms with Gasteiger partial charge in [0.25, 0.3) is 5.91 Å². The van der Waals surface area contributed by atoms with Crippen molar-refractivity contribution in [2.75, 3.05) is 43.5 Å². The second-order valence-corrected chi connectivity index (χ2v) is 11.2. The van der Waals surface area contributed by atoms with Crippen LogP contribution in [0.25, 0.3) is 0 Å². The number of carbonyl (C=O) groups is 1.